The highest BCUT2D eigenvalue weighted by molar-refractivity contribution is 7.07. The Labute approximate surface area is 75.1 Å². The van der Waals surface area contributed by atoms with Crippen molar-refractivity contribution in [3.05, 3.63) is 22.4 Å². The molecular weight excluding hydrogens is 174 g/mol. The predicted molar refractivity (Wildman–Crippen MR) is 48.2 cm³/mol. The molecule has 12 heavy (non-hydrogen) atoms. The molecule has 0 aliphatic carbocycles. The molecule has 1 unspecified atom stereocenters. The van der Waals surface area contributed by atoms with Crippen molar-refractivity contribution in [1.82, 2.24) is 0 Å². The number of nitrogens with two attached hydrogens (primary N) is 1. The zero-order valence-corrected chi connectivity index (χ0v) is 7.64. The summed E-state index contributed by atoms with van der Waals surface area (Å²) in [6, 6.07) is 2.01. The Morgan fingerprint density at radius 1 is 1.83 bits per heavy atom. The van der Waals surface area contributed by atoms with E-state index in [1.165, 1.54) is 5.56 Å². The number of ether oxygens (including phenoxy) is 1. The molecular formula is C8H11NO2S. The van der Waals surface area contributed by atoms with Crippen molar-refractivity contribution in [2.75, 3.05) is 0 Å². The number of rotatable bonds is 3. The number of hydrogen-bond acceptors (Lipinski definition) is 3. The van der Waals surface area contributed by atoms with Crippen LogP contribution in [0.2, 0.25) is 0 Å². The standard InChI is InChI=1S/C8H11NO2S/c1-6(11-8(9)10)4-7-2-3-12-5-7/h2-3,5-6H,4H2,1H3,(H2,9,10). The van der Waals surface area contributed by atoms with Crippen molar-refractivity contribution in [3.63, 3.8) is 0 Å². The normalized spacial score (nSPS) is 12.4. The summed E-state index contributed by atoms with van der Waals surface area (Å²) in [4.78, 5) is 10.3. The van der Waals surface area contributed by atoms with Gasteiger partial charge in [0.2, 0.25) is 0 Å². The monoisotopic (exact) mass is 185 g/mol. The van der Waals surface area contributed by atoms with E-state index in [0.29, 0.717) is 0 Å². The maximum Gasteiger partial charge on any atom is 0.404 e. The molecule has 0 radical (unpaired) electrons. The van der Waals surface area contributed by atoms with E-state index in [1.54, 1.807) is 11.3 Å². The van der Waals surface area contributed by atoms with Gasteiger partial charge in [-0.05, 0) is 29.3 Å². The summed E-state index contributed by atoms with van der Waals surface area (Å²) in [5.74, 6) is 0. The van der Waals surface area contributed by atoms with Gasteiger partial charge in [0.05, 0.1) is 0 Å². The van der Waals surface area contributed by atoms with Crippen LogP contribution in [-0.2, 0) is 11.2 Å². The van der Waals surface area contributed by atoms with Gasteiger partial charge >= 0.3 is 6.09 Å². The third-order valence-corrected chi connectivity index (χ3v) is 2.15. The molecule has 1 atom stereocenters. The van der Waals surface area contributed by atoms with Gasteiger partial charge in [0, 0.05) is 6.42 Å². The summed E-state index contributed by atoms with van der Waals surface area (Å²) in [5.41, 5.74) is 6.04. The van der Waals surface area contributed by atoms with Crippen molar-refractivity contribution < 1.29 is 9.53 Å². The van der Waals surface area contributed by atoms with E-state index in [1.807, 2.05) is 23.8 Å². The third-order valence-electron chi connectivity index (χ3n) is 1.42. The first-order valence-electron chi connectivity index (χ1n) is 3.65. The minimum atomic E-state index is -0.710. The minimum Gasteiger partial charge on any atom is -0.446 e. The lowest BCUT2D eigenvalue weighted by Gasteiger charge is -2.09. The maximum atomic E-state index is 10.3. The molecule has 1 aromatic heterocycles. The van der Waals surface area contributed by atoms with Gasteiger partial charge in [-0.25, -0.2) is 4.79 Å². The van der Waals surface area contributed by atoms with Crippen molar-refractivity contribution in [3.8, 4) is 0 Å². The Morgan fingerprint density at radius 2 is 2.58 bits per heavy atom. The Kier molecular flexibility index (Phi) is 3.10. The molecule has 0 aromatic carbocycles. The molecule has 0 saturated carbocycles. The first-order valence-corrected chi connectivity index (χ1v) is 4.60. The summed E-state index contributed by atoms with van der Waals surface area (Å²) in [6.07, 6.45) is -0.123. The first-order chi connectivity index (χ1) is 5.68. The molecule has 0 aliphatic heterocycles. The average molecular weight is 185 g/mol. The zero-order chi connectivity index (χ0) is 8.97. The quantitative estimate of drug-likeness (QED) is 0.780. The van der Waals surface area contributed by atoms with Crippen LogP contribution in [-0.4, -0.2) is 12.2 Å². The Bertz CT molecular complexity index is 246. The van der Waals surface area contributed by atoms with Crippen LogP contribution in [0.15, 0.2) is 16.8 Å². The molecule has 2 N–H and O–H groups in total. The molecule has 1 aromatic rings. The minimum absolute atomic E-state index is 0.142. The van der Waals surface area contributed by atoms with Gasteiger partial charge < -0.3 is 10.5 Å². The molecule has 3 nitrogen and oxygen atoms in total. The molecule has 0 saturated heterocycles. The van der Waals surface area contributed by atoms with Gasteiger partial charge in [0.25, 0.3) is 0 Å². The summed E-state index contributed by atoms with van der Waals surface area (Å²) in [6.45, 7) is 1.82. The smallest absolute Gasteiger partial charge is 0.404 e. The van der Waals surface area contributed by atoms with Crippen LogP contribution in [0, 0.1) is 0 Å². The second kappa shape index (κ2) is 4.11. The first kappa shape index (κ1) is 9.06. The number of carbonyl (C=O) groups excluding carboxylic acids is 1. The SMILES string of the molecule is CC(Cc1ccsc1)OC(N)=O. The summed E-state index contributed by atoms with van der Waals surface area (Å²) < 4.78 is 4.77. The molecule has 0 fully saturated rings. The van der Waals surface area contributed by atoms with Gasteiger partial charge in [-0.15, -0.1) is 0 Å². The lowest BCUT2D eigenvalue weighted by Crippen LogP contribution is -2.21. The second-order valence-corrected chi connectivity index (χ2v) is 3.36. The summed E-state index contributed by atoms with van der Waals surface area (Å²) in [5, 5.41) is 4.02. The van der Waals surface area contributed by atoms with Crippen LogP contribution in [0.25, 0.3) is 0 Å². The summed E-state index contributed by atoms with van der Waals surface area (Å²) in [7, 11) is 0. The van der Waals surface area contributed by atoms with Crippen molar-refractivity contribution in [2.45, 2.75) is 19.4 Å². The number of amides is 1. The largest absolute Gasteiger partial charge is 0.446 e. The van der Waals surface area contributed by atoms with Gasteiger partial charge in [-0.1, -0.05) is 0 Å². The molecule has 0 aliphatic rings. The zero-order valence-electron chi connectivity index (χ0n) is 6.82. The van der Waals surface area contributed by atoms with Crippen LogP contribution < -0.4 is 5.73 Å². The van der Waals surface area contributed by atoms with Crippen molar-refractivity contribution >= 4 is 17.4 Å². The molecule has 0 spiro atoms. The van der Waals surface area contributed by atoms with E-state index in [4.69, 9.17) is 10.5 Å². The van der Waals surface area contributed by atoms with Crippen LogP contribution in [0.1, 0.15) is 12.5 Å². The highest BCUT2D eigenvalue weighted by atomic mass is 32.1. The second-order valence-electron chi connectivity index (χ2n) is 2.58. The predicted octanol–water partition coefficient (Wildman–Crippen LogP) is 1.77. The molecule has 1 amide bonds. The molecule has 4 heteroatoms. The highest BCUT2D eigenvalue weighted by Gasteiger charge is 2.06. The molecule has 0 bridgehead atoms. The summed E-state index contributed by atoms with van der Waals surface area (Å²) >= 11 is 1.63. The average Bonchev–Trinajstić information content (AvgIpc) is 2.37. The van der Waals surface area contributed by atoms with E-state index in [-0.39, 0.29) is 6.10 Å². The van der Waals surface area contributed by atoms with Crippen LogP contribution >= 0.6 is 11.3 Å². The van der Waals surface area contributed by atoms with E-state index >= 15 is 0 Å². The van der Waals surface area contributed by atoms with Crippen molar-refractivity contribution in [1.29, 1.82) is 0 Å². The third kappa shape index (κ3) is 2.92. The number of hydrogen-bond donors (Lipinski definition) is 1. The van der Waals surface area contributed by atoms with Crippen LogP contribution in [0.3, 0.4) is 0 Å². The number of carbonyl (C=O) groups is 1. The lowest BCUT2D eigenvalue weighted by molar-refractivity contribution is 0.116. The van der Waals surface area contributed by atoms with Gasteiger partial charge in [-0.3, -0.25) is 0 Å². The fraction of sp³-hybridized carbons (Fsp3) is 0.375. The van der Waals surface area contributed by atoms with E-state index < -0.39 is 6.09 Å². The highest BCUT2D eigenvalue weighted by Crippen LogP contribution is 2.09. The van der Waals surface area contributed by atoms with E-state index in [2.05, 4.69) is 0 Å². The fourth-order valence-corrected chi connectivity index (χ4v) is 1.66. The maximum absolute atomic E-state index is 10.3. The lowest BCUT2D eigenvalue weighted by atomic mass is 10.2. The topological polar surface area (TPSA) is 52.3 Å². The van der Waals surface area contributed by atoms with Crippen molar-refractivity contribution in [2.24, 2.45) is 5.73 Å². The molecule has 66 valence electrons. The number of thiophene rings is 1. The fourth-order valence-electron chi connectivity index (χ4n) is 0.981. The Balaban J connectivity index is 2.36. The van der Waals surface area contributed by atoms with Gasteiger partial charge in [0.1, 0.15) is 6.10 Å². The van der Waals surface area contributed by atoms with Crippen LogP contribution in [0.5, 0.6) is 0 Å². The van der Waals surface area contributed by atoms with Gasteiger partial charge in [-0.2, -0.15) is 11.3 Å². The number of primary amides is 1. The van der Waals surface area contributed by atoms with E-state index in [0.717, 1.165) is 6.42 Å². The van der Waals surface area contributed by atoms with Crippen LogP contribution in [0.4, 0.5) is 4.79 Å². The Hall–Kier alpha value is -1.03. The molecule has 1 heterocycles. The molecule has 1 rings (SSSR count). The Morgan fingerprint density at radius 3 is 3.08 bits per heavy atom. The van der Waals surface area contributed by atoms with Gasteiger partial charge in [0.15, 0.2) is 0 Å². The van der Waals surface area contributed by atoms with E-state index in [9.17, 15) is 4.79 Å².